The predicted octanol–water partition coefficient (Wildman–Crippen LogP) is 1.10. The molecule has 6 heteroatoms. The second-order valence-electron chi connectivity index (χ2n) is 4.20. The zero-order valence-electron chi connectivity index (χ0n) is 11.3. The van der Waals surface area contributed by atoms with Gasteiger partial charge in [-0.05, 0) is 18.6 Å². The number of nitrogens with one attached hydrogen (secondary N) is 1. The van der Waals surface area contributed by atoms with Gasteiger partial charge in [-0.2, -0.15) is 0 Å². The second-order valence-corrected chi connectivity index (χ2v) is 4.20. The molecule has 0 fully saturated rings. The average molecular weight is 287 g/mol. The van der Waals surface area contributed by atoms with E-state index in [1.54, 1.807) is 31.2 Å². The molecular formula is C15H13NO5. The Balaban J connectivity index is 2.48. The minimum absolute atomic E-state index is 0.0196. The summed E-state index contributed by atoms with van der Waals surface area (Å²) in [5.41, 5.74) is 0.0218. The first-order chi connectivity index (χ1) is 10.0. The standard InChI is InChI=1S/C15H13NO5/c1-2-21-15(20)11-12(17)10(16-14(19)13(11)18)8-9-6-4-3-5-7-9/h3-8,17H,2H2,1H3,(H,16,19)/b10-8-. The molecule has 2 rings (SSSR count). The molecule has 0 saturated carbocycles. The van der Waals surface area contributed by atoms with Crippen molar-refractivity contribution in [3.05, 3.63) is 52.9 Å². The number of ketones is 1. The minimum atomic E-state index is -1.11. The van der Waals surface area contributed by atoms with E-state index >= 15 is 0 Å². The number of esters is 1. The highest BCUT2D eigenvalue weighted by Crippen LogP contribution is 2.20. The molecule has 1 aliphatic heterocycles. The molecule has 0 aromatic heterocycles. The van der Waals surface area contributed by atoms with Crippen LogP contribution in [0.25, 0.3) is 6.08 Å². The van der Waals surface area contributed by atoms with E-state index in [1.165, 1.54) is 6.08 Å². The van der Waals surface area contributed by atoms with Crippen molar-refractivity contribution in [1.29, 1.82) is 0 Å². The molecule has 0 spiro atoms. The number of carbonyl (C=O) groups excluding carboxylic acids is 3. The zero-order valence-corrected chi connectivity index (χ0v) is 11.3. The summed E-state index contributed by atoms with van der Waals surface area (Å²) >= 11 is 0. The van der Waals surface area contributed by atoms with Gasteiger partial charge in [0.15, 0.2) is 11.3 Å². The van der Waals surface area contributed by atoms with Gasteiger partial charge < -0.3 is 15.2 Å². The summed E-state index contributed by atoms with van der Waals surface area (Å²) < 4.78 is 4.68. The number of hydrogen-bond donors (Lipinski definition) is 2. The van der Waals surface area contributed by atoms with E-state index in [0.29, 0.717) is 5.56 Å². The van der Waals surface area contributed by atoms with Crippen molar-refractivity contribution in [3.63, 3.8) is 0 Å². The van der Waals surface area contributed by atoms with Gasteiger partial charge in [-0.25, -0.2) is 4.79 Å². The van der Waals surface area contributed by atoms with E-state index in [1.807, 2.05) is 6.07 Å². The van der Waals surface area contributed by atoms with Crippen LogP contribution in [-0.4, -0.2) is 29.4 Å². The first kappa shape index (κ1) is 14.5. The molecule has 108 valence electrons. The van der Waals surface area contributed by atoms with Gasteiger partial charge >= 0.3 is 5.97 Å². The Morgan fingerprint density at radius 2 is 1.95 bits per heavy atom. The smallest absolute Gasteiger partial charge is 0.346 e. The van der Waals surface area contributed by atoms with Crippen molar-refractivity contribution in [2.45, 2.75) is 6.92 Å². The molecular weight excluding hydrogens is 274 g/mol. The monoisotopic (exact) mass is 287 g/mol. The van der Waals surface area contributed by atoms with Crippen molar-refractivity contribution in [1.82, 2.24) is 5.32 Å². The normalized spacial score (nSPS) is 16.9. The van der Waals surface area contributed by atoms with Crippen LogP contribution < -0.4 is 5.32 Å². The lowest BCUT2D eigenvalue weighted by Gasteiger charge is -2.17. The first-order valence-electron chi connectivity index (χ1n) is 6.27. The summed E-state index contributed by atoms with van der Waals surface area (Å²) in [4.78, 5) is 35.0. The van der Waals surface area contributed by atoms with Gasteiger partial charge in [-0.1, -0.05) is 30.3 Å². The fourth-order valence-corrected chi connectivity index (χ4v) is 1.81. The maximum absolute atomic E-state index is 11.7. The SMILES string of the molecule is CCOC(=O)C1=C(O)/C(=C/c2ccccc2)NC(=O)C1=O. The quantitative estimate of drug-likeness (QED) is 0.493. The molecule has 1 aromatic carbocycles. The predicted molar refractivity (Wildman–Crippen MR) is 73.9 cm³/mol. The van der Waals surface area contributed by atoms with Crippen molar-refractivity contribution < 1.29 is 24.2 Å². The molecule has 6 nitrogen and oxygen atoms in total. The molecule has 0 unspecified atom stereocenters. The number of rotatable bonds is 3. The van der Waals surface area contributed by atoms with Gasteiger partial charge in [0, 0.05) is 0 Å². The summed E-state index contributed by atoms with van der Waals surface area (Å²) in [7, 11) is 0. The van der Waals surface area contributed by atoms with Crippen LogP contribution in [0.3, 0.4) is 0 Å². The number of amides is 1. The Morgan fingerprint density at radius 3 is 2.57 bits per heavy atom. The van der Waals surface area contributed by atoms with Crippen LogP contribution in [-0.2, 0) is 19.1 Å². The van der Waals surface area contributed by atoms with Gasteiger partial charge in [0.05, 0.1) is 12.3 Å². The van der Waals surface area contributed by atoms with Gasteiger partial charge in [0.1, 0.15) is 0 Å². The molecule has 1 amide bonds. The minimum Gasteiger partial charge on any atom is -0.505 e. The van der Waals surface area contributed by atoms with Crippen LogP contribution in [0.15, 0.2) is 47.4 Å². The summed E-state index contributed by atoms with van der Waals surface area (Å²) in [5, 5.41) is 12.3. The number of hydrogen-bond acceptors (Lipinski definition) is 5. The van der Waals surface area contributed by atoms with Crippen LogP contribution in [0.1, 0.15) is 12.5 Å². The Morgan fingerprint density at radius 1 is 1.29 bits per heavy atom. The lowest BCUT2D eigenvalue weighted by atomic mass is 10.0. The van der Waals surface area contributed by atoms with Gasteiger partial charge in [-0.15, -0.1) is 0 Å². The third-order valence-electron chi connectivity index (χ3n) is 2.76. The number of aliphatic hydroxyl groups is 1. The van der Waals surface area contributed by atoms with Crippen molar-refractivity contribution in [2.24, 2.45) is 0 Å². The van der Waals surface area contributed by atoms with Gasteiger partial charge in [-0.3, -0.25) is 9.59 Å². The second kappa shape index (κ2) is 6.04. The lowest BCUT2D eigenvalue weighted by Crippen LogP contribution is -2.40. The van der Waals surface area contributed by atoms with E-state index in [0.717, 1.165) is 0 Å². The number of benzene rings is 1. The molecule has 2 N–H and O–H groups in total. The number of aliphatic hydroxyl groups excluding tert-OH is 1. The maximum atomic E-state index is 11.7. The van der Waals surface area contributed by atoms with E-state index in [-0.39, 0.29) is 12.3 Å². The van der Waals surface area contributed by atoms with Crippen LogP contribution in [0.5, 0.6) is 0 Å². The third kappa shape index (κ3) is 3.00. The lowest BCUT2D eigenvalue weighted by molar-refractivity contribution is -0.144. The van der Waals surface area contributed by atoms with Crippen molar-refractivity contribution in [2.75, 3.05) is 6.61 Å². The number of carbonyl (C=O) groups is 3. The Kier molecular flexibility index (Phi) is 4.18. The molecule has 0 aliphatic carbocycles. The third-order valence-corrected chi connectivity index (χ3v) is 2.76. The highest BCUT2D eigenvalue weighted by Gasteiger charge is 2.36. The number of Topliss-reactive ketones (excluding diaryl/α,β-unsaturated/α-hetero) is 1. The highest BCUT2D eigenvalue weighted by molar-refractivity contribution is 6.50. The molecule has 1 aromatic rings. The van der Waals surface area contributed by atoms with E-state index in [9.17, 15) is 19.5 Å². The molecule has 21 heavy (non-hydrogen) atoms. The molecule has 1 aliphatic rings. The fourth-order valence-electron chi connectivity index (χ4n) is 1.81. The van der Waals surface area contributed by atoms with E-state index in [4.69, 9.17) is 0 Å². The van der Waals surface area contributed by atoms with Crippen molar-refractivity contribution in [3.8, 4) is 0 Å². The van der Waals surface area contributed by atoms with Gasteiger partial charge in [0.25, 0.3) is 11.7 Å². The summed E-state index contributed by atoms with van der Waals surface area (Å²) in [6, 6.07) is 8.84. The molecule has 0 saturated heterocycles. The number of ether oxygens (including phenoxy) is 1. The first-order valence-corrected chi connectivity index (χ1v) is 6.27. The highest BCUT2D eigenvalue weighted by atomic mass is 16.5. The van der Waals surface area contributed by atoms with Crippen LogP contribution in [0.4, 0.5) is 0 Å². The topological polar surface area (TPSA) is 92.7 Å². The zero-order chi connectivity index (χ0) is 15.4. The van der Waals surface area contributed by atoms with Crippen LogP contribution in [0.2, 0.25) is 0 Å². The summed E-state index contributed by atoms with van der Waals surface area (Å²) in [6.07, 6.45) is 1.46. The van der Waals surface area contributed by atoms with Crippen LogP contribution in [0, 0.1) is 0 Å². The molecule has 0 atom stereocenters. The summed E-state index contributed by atoms with van der Waals surface area (Å²) in [5.74, 6) is -3.72. The fraction of sp³-hybridized carbons (Fsp3) is 0.133. The maximum Gasteiger partial charge on any atom is 0.346 e. The Bertz CT molecular complexity index is 658. The van der Waals surface area contributed by atoms with Crippen LogP contribution >= 0.6 is 0 Å². The Hall–Kier alpha value is -2.89. The largest absolute Gasteiger partial charge is 0.505 e. The van der Waals surface area contributed by atoms with Gasteiger partial charge in [0.2, 0.25) is 0 Å². The average Bonchev–Trinajstić information content (AvgIpc) is 2.46. The molecule has 0 radical (unpaired) electrons. The van der Waals surface area contributed by atoms with E-state index in [2.05, 4.69) is 10.1 Å². The summed E-state index contributed by atoms with van der Waals surface area (Å²) in [6.45, 7) is 1.59. The molecule has 1 heterocycles. The Labute approximate surface area is 120 Å². The molecule has 0 bridgehead atoms. The van der Waals surface area contributed by atoms with E-state index < -0.39 is 29.0 Å². The van der Waals surface area contributed by atoms with Crippen molar-refractivity contribution >= 4 is 23.7 Å².